The smallest absolute Gasteiger partial charge is 0.337 e. The maximum atomic E-state index is 13.7. The van der Waals surface area contributed by atoms with Gasteiger partial charge in [0.05, 0.1) is 5.60 Å². The van der Waals surface area contributed by atoms with Gasteiger partial charge in [-0.25, -0.2) is 4.79 Å². The van der Waals surface area contributed by atoms with E-state index in [2.05, 4.69) is 26.8 Å². The number of hydrogen-bond donors (Lipinski definition) is 1. The number of amides is 1. The van der Waals surface area contributed by atoms with Gasteiger partial charge in [0.25, 0.3) is 5.91 Å². The molecule has 1 aliphatic heterocycles. The van der Waals surface area contributed by atoms with Crippen molar-refractivity contribution in [3.05, 3.63) is 93.0 Å². The monoisotopic (exact) mass is 527 g/mol. The summed E-state index contributed by atoms with van der Waals surface area (Å²) < 4.78 is 6.18. The summed E-state index contributed by atoms with van der Waals surface area (Å²) >= 11 is 0. The molecule has 0 saturated carbocycles. The predicted molar refractivity (Wildman–Crippen MR) is 156 cm³/mol. The number of aliphatic carboxylic acids is 1. The van der Waals surface area contributed by atoms with Crippen LogP contribution in [-0.4, -0.2) is 27.5 Å². The Balaban J connectivity index is 1.86. The molecule has 0 fully saturated rings. The van der Waals surface area contributed by atoms with Gasteiger partial charge < -0.3 is 14.7 Å². The summed E-state index contributed by atoms with van der Waals surface area (Å²) in [5.41, 5.74) is 8.67. The number of hydrogen-bond acceptors (Lipinski definition) is 3. The van der Waals surface area contributed by atoms with Gasteiger partial charge in [-0.05, 0) is 98.0 Å². The van der Waals surface area contributed by atoms with E-state index in [-0.39, 0.29) is 11.3 Å². The van der Waals surface area contributed by atoms with Crippen molar-refractivity contribution in [2.45, 2.75) is 92.5 Å². The Morgan fingerprint density at radius 1 is 0.872 bits per heavy atom. The minimum Gasteiger partial charge on any atom is -0.479 e. The van der Waals surface area contributed by atoms with E-state index in [1.807, 2.05) is 88.9 Å². The zero-order chi connectivity index (χ0) is 28.9. The van der Waals surface area contributed by atoms with Crippen LogP contribution in [0, 0.1) is 20.8 Å². The zero-order valence-corrected chi connectivity index (χ0v) is 24.7. The number of carboxylic acids is 1. The second kappa shape index (κ2) is 10.3. The van der Waals surface area contributed by atoms with Gasteiger partial charge in [0, 0.05) is 24.2 Å². The van der Waals surface area contributed by atoms with Crippen LogP contribution in [0.2, 0.25) is 0 Å². The Morgan fingerprint density at radius 2 is 1.46 bits per heavy atom. The van der Waals surface area contributed by atoms with E-state index in [9.17, 15) is 14.7 Å². The first-order valence-corrected chi connectivity index (χ1v) is 13.6. The van der Waals surface area contributed by atoms with Gasteiger partial charge in [0.15, 0.2) is 6.10 Å². The quantitative estimate of drug-likeness (QED) is 0.370. The fourth-order valence-electron chi connectivity index (χ4n) is 5.47. The molecule has 206 valence electrons. The van der Waals surface area contributed by atoms with E-state index < -0.39 is 17.7 Å². The van der Waals surface area contributed by atoms with Gasteiger partial charge in [-0.15, -0.1) is 0 Å². The second-order valence-electron chi connectivity index (χ2n) is 12.8. The van der Waals surface area contributed by atoms with Gasteiger partial charge >= 0.3 is 5.97 Å². The van der Waals surface area contributed by atoms with E-state index in [4.69, 9.17) is 4.74 Å². The first kappa shape index (κ1) is 28.6. The lowest BCUT2D eigenvalue weighted by atomic mass is 9.83. The average Bonchev–Trinajstić information content (AvgIpc) is 3.30. The highest BCUT2D eigenvalue weighted by Gasteiger charge is 2.36. The van der Waals surface area contributed by atoms with E-state index in [0.29, 0.717) is 24.2 Å². The van der Waals surface area contributed by atoms with Crippen molar-refractivity contribution in [1.82, 2.24) is 4.90 Å². The lowest BCUT2D eigenvalue weighted by molar-refractivity contribution is -0.160. The fraction of sp³-hybridized carbons (Fsp3) is 0.412. The third-order valence-electron chi connectivity index (χ3n) is 7.58. The van der Waals surface area contributed by atoms with Crippen LogP contribution in [0.25, 0.3) is 11.1 Å². The molecule has 4 rings (SSSR count). The summed E-state index contributed by atoms with van der Waals surface area (Å²) in [5, 5.41) is 10.4. The van der Waals surface area contributed by atoms with Crippen LogP contribution < -0.4 is 0 Å². The molecule has 0 saturated heterocycles. The van der Waals surface area contributed by atoms with Crippen molar-refractivity contribution >= 4 is 11.9 Å². The van der Waals surface area contributed by atoms with Crippen LogP contribution in [0.5, 0.6) is 0 Å². The molecule has 1 aliphatic rings. The van der Waals surface area contributed by atoms with Crippen LogP contribution in [0.1, 0.15) is 96.9 Å². The topological polar surface area (TPSA) is 66.8 Å². The van der Waals surface area contributed by atoms with Crippen molar-refractivity contribution in [3.8, 4) is 11.1 Å². The SMILES string of the molecule is Cc1ccc(-c2c(C)c3c(c(C)c2[C@H](OC(C)(C)C)C(=O)O)CN(C(=O)c2cccc(C(C)(C)C)c2)C3)cc1. The average molecular weight is 528 g/mol. The van der Waals surface area contributed by atoms with E-state index >= 15 is 0 Å². The summed E-state index contributed by atoms with van der Waals surface area (Å²) in [7, 11) is 0. The Hall–Kier alpha value is -3.44. The lowest BCUT2D eigenvalue weighted by Gasteiger charge is -2.29. The molecule has 0 aliphatic carbocycles. The molecule has 1 N–H and O–H groups in total. The zero-order valence-electron chi connectivity index (χ0n) is 24.7. The molecular weight excluding hydrogens is 486 g/mol. The Morgan fingerprint density at radius 3 is 2.00 bits per heavy atom. The molecule has 1 atom stereocenters. The number of carboxylic acid groups (broad SMARTS) is 1. The number of benzene rings is 3. The summed E-state index contributed by atoms with van der Waals surface area (Å²) in [5.74, 6) is -1.04. The summed E-state index contributed by atoms with van der Waals surface area (Å²) in [6.07, 6.45) is -1.14. The molecule has 1 heterocycles. The lowest BCUT2D eigenvalue weighted by Crippen LogP contribution is -2.28. The fourth-order valence-corrected chi connectivity index (χ4v) is 5.47. The molecule has 0 unspecified atom stereocenters. The summed E-state index contributed by atoms with van der Waals surface area (Å²) in [6, 6.07) is 16.0. The molecule has 3 aromatic rings. The van der Waals surface area contributed by atoms with Gasteiger partial charge in [0.2, 0.25) is 0 Å². The van der Waals surface area contributed by atoms with Gasteiger partial charge in [-0.2, -0.15) is 0 Å². The van der Waals surface area contributed by atoms with Gasteiger partial charge in [0.1, 0.15) is 0 Å². The molecule has 3 aromatic carbocycles. The Kier molecular flexibility index (Phi) is 7.52. The highest BCUT2D eigenvalue weighted by molar-refractivity contribution is 5.95. The molecule has 5 heteroatoms. The third kappa shape index (κ3) is 5.79. The molecule has 1 amide bonds. The molecule has 39 heavy (non-hydrogen) atoms. The van der Waals surface area contributed by atoms with Crippen LogP contribution in [0.3, 0.4) is 0 Å². The summed E-state index contributed by atoms with van der Waals surface area (Å²) in [6.45, 7) is 19.0. The minimum absolute atomic E-state index is 0.0183. The van der Waals surface area contributed by atoms with Crippen LogP contribution in [0.15, 0.2) is 48.5 Å². The molecule has 0 spiro atoms. The highest BCUT2D eigenvalue weighted by Crippen LogP contribution is 2.44. The first-order valence-electron chi connectivity index (χ1n) is 13.6. The predicted octanol–water partition coefficient (Wildman–Crippen LogP) is 7.67. The number of carbonyl (C=O) groups excluding carboxylic acids is 1. The van der Waals surface area contributed by atoms with Crippen LogP contribution in [-0.2, 0) is 28.0 Å². The highest BCUT2D eigenvalue weighted by atomic mass is 16.5. The maximum absolute atomic E-state index is 13.7. The van der Waals surface area contributed by atoms with Crippen molar-refractivity contribution < 1.29 is 19.4 Å². The Bertz CT molecular complexity index is 1420. The molecule has 0 bridgehead atoms. The van der Waals surface area contributed by atoms with Crippen LogP contribution in [0.4, 0.5) is 0 Å². The molecule has 5 nitrogen and oxygen atoms in total. The van der Waals surface area contributed by atoms with E-state index in [0.717, 1.165) is 44.5 Å². The number of aryl methyl sites for hydroxylation is 1. The first-order chi connectivity index (χ1) is 18.1. The van der Waals surface area contributed by atoms with Gasteiger partial charge in [-0.1, -0.05) is 62.7 Å². The number of ether oxygens (including phenoxy) is 1. The number of nitrogens with zero attached hydrogens (tertiary/aromatic N) is 1. The normalized spacial score (nSPS) is 14.3. The van der Waals surface area contributed by atoms with Crippen molar-refractivity contribution in [1.29, 1.82) is 0 Å². The number of rotatable bonds is 5. The molecular formula is C34H41NO4. The van der Waals surface area contributed by atoms with Crippen molar-refractivity contribution in [2.75, 3.05) is 0 Å². The summed E-state index contributed by atoms with van der Waals surface area (Å²) in [4.78, 5) is 28.3. The van der Waals surface area contributed by atoms with E-state index in [1.54, 1.807) is 0 Å². The Labute approximate surface area is 232 Å². The third-order valence-corrected chi connectivity index (χ3v) is 7.58. The van der Waals surface area contributed by atoms with Crippen molar-refractivity contribution in [3.63, 3.8) is 0 Å². The second-order valence-corrected chi connectivity index (χ2v) is 12.8. The maximum Gasteiger partial charge on any atom is 0.337 e. The van der Waals surface area contributed by atoms with Crippen LogP contribution >= 0.6 is 0 Å². The standard InChI is InChI=1S/C34H41NO4/c1-20-13-15-23(16-14-20)28-21(2)26-18-35(31(36)24-11-10-12-25(17-24)33(4,5)6)19-27(26)22(3)29(28)30(32(37)38)39-34(7,8)9/h10-17,30H,18-19H2,1-9H3,(H,37,38)/t30-/m0/s1. The van der Waals surface area contributed by atoms with Crippen molar-refractivity contribution in [2.24, 2.45) is 0 Å². The van der Waals surface area contributed by atoms with Gasteiger partial charge in [-0.3, -0.25) is 4.79 Å². The van der Waals surface area contributed by atoms with E-state index in [1.165, 1.54) is 0 Å². The number of fused-ring (bicyclic) bond motifs is 1. The minimum atomic E-state index is -1.14. The largest absolute Gasteiger partial charge is 0.479 e. The molecule has 0 radical (unpaired) electrons. The number of carbonyl (C=O) groups is 2. The molecule has 0 aromatic heterocycles.